The maximum absolute atomic E-state index is 8.36. The van der Waals surface area contributed by atoms with Crippen LogP contribution in [0.15, 0.2) is 0 Å². The second kappa shape index (κ2) is 21.7. The lowest BCUT2D eigenvalue weighted by molar-refractivity contribution is -0.921. The molecule has 0 spiro atoms. The lowest BCUT2D eigenvalue weighted by atomic mass is 10.3. The van der Waals surface area contributed by atoms with Crippen molar-refractivity contribution in [3.63, 3.8) is 0 Å². The zero-order valence-electron chi connectivity index (χ0n) is 15.5. The summed E-state index contributed by atoms with van der Waals surface area (Å²) in [5.74, 6) is 0. The quantitative estimate of drug-likeness (QED) is 0.357. The van der Waals surface area contributed by atoms with Crippen LogP contribution in [0.1, 0.15) is 27.7 Å². The molecule has 0 rings (SSSR count). The van der Waals surface area contributed by atoms with Crippen molar-refractivity contribution in [2.75, 3.05) is 79.0 Å². The van der Waals surface area contributed by atoms with Crippen LogP contribution in [0.5, 0.6) is 0 Å². The fourth-order valence-electron chi connectivity index (χ4n) is 2.01. The lowest BCUT2D eigenvalue weighted by Crippen LogP contribution is -2.47. The van der Waals surface area contributed by atoms with Gasteiger partial charge >= 0.3 is 0 Å². The normalized spacial score (nSPS) is 10.7. The van der Waals surface area contributed by atoms with E-state index < -0.39 is 0 Å². The van der Waals surface area contributed by atoms with Gasteiger partial charge in [-0.1, -0.05) is 0 Å². The molecule has 0 heterocycles. The van der Waals surface area contributed by atoms with Crippen LogP contribution in [-0.4, -0.2) is 99.2 Å². The average molecular weight is 341 g/mol. The van der Waals surface area contributed by atoms with E-state index in [1.165, 1.54) is 30.7 Å². The summed E-state index contributed by atoms with van der Waals surface area (Å²) in [6, 6.07) is 0. The van der Waals surface area contributed by atoms with Crippen LogP contribution in [0.3, 0.4) is 0 Å². The van der Waals surface area contributed by atoms with Crippen molar-refractivity contribution >= 4 is 0 Å². The van der Waals surface area contributed by atoms with Gasteiger partial charge in [-0.2, -0.15) is 0 Å². The fraction of sp³-hybridized carbons (Fsp3) is 1.00. The number of hydrogen-bond donors (Lipinski definition) is 2. The van der Waals surface area contributed by atoms with Crippen LogP contribution >= 0.6 is 0 Å². The molecule has 0 radical (unpaired) electrons. The Bertz CT molecular complexity index is 175. The number of aliphatic hydroxyl groups is 2. The Balaban J connectivity index is -0.000000354. The number of nitrogens with zero attached hydrogens (tertiary/aromatic N) is 1. The Hall–Kier alpha value is -0.280. The van der Waals surface area contributed by atoms with Crippen LogP contribution in [0.2, 0.25) is 0 Å². The van der Waals surface area contributed by atoms with Gasteiger partial charge in [0, 0.05) is 0 Å². The van der Waals surface area contributed by atoms with E-state index in [9.17, 15) is 0 Å². The van der Waals surface area contributed by atoms with E-state index in [1.807, 2.05) is 0 Å². The summed E-state index contributed by atoms with van der Waals surface area (Å²) in [6.45, 7) is 17.0. The van der Waals surface area contributed by atoms with Crippen LogP contribution in [0, 0.1) is 0 Å². The summed E-state index contributed by atoms with van der Waals surface area (Å²) < 4.78 is 16.3. The van der Waals surface area contributed by atoms with Gasteiger partial charge in [0.25, 0.3) is 0 Å². The molecule has 0 saturated heterocycles. The predicted octanol–water partition coefficient (Wildman–Crippen LogP) is 0.727. The zero-order valence-corrected chi connectivity index (χ0v) is 15.5. The molecular weight excluding hydrogens is 302 g/mol. The van der Waals surface area contributed by atoms with Crippen LogP contribution in [0.25, 0.3) is 0 Å². The summed E-state index contributed by atoms with van der Waals surface area (Å²) in [4.78, 5) is 0. The van der Waals surface area contributed by atoms with Gasteiger partial charge in [0.2, 0.25) is 0 Å². The second-order valence-electron chi connectivity index (χ2n) is 4.89. The predicted molar refractivity (Wildman–Crippen MR) is 91.0 cm³/mol. The molecule has 0 aromatic heterocycles. The van der Waals surface area contributed by atoms with Gasteiger partial charge in [-0.05, 0) is 27.7 Å². The van der Waals surface area contributed by atoms with Crippen LogP contribution in [0.4, 0.5) is 0 Å². The Labute approximate surface area is 142 Å². The second-order valence-corrected chi connectivity index (χ2v) is 4.89. The van der Waals surface area contributed by atoms with E-state index in [1.54, 1.807) is 0 Å². The van der Waals surface area contributed by atoms with Crippen molar-refractivity contribution in [3.05, 3.63) is 0 Å². The molecule has 0 fully saturated rings. The van der Waals surface area contributed by atoms with E-state index >= 15 is 0 Å². The third kappa shape index (κ3) is 17.9. The van der Waals surface area contributed by atoms with Crippen molar-refractivity contribution in [3.8, 4) is 0 Å². The van der Waals surface area contributed by atoms with Gasteiger partial charge in [0.15, 0.2) is 0 Å². The topological polar surface area (TPSA) is 98.2 Å². The lowest BCUT2D eigenvalue weighted by Gasteiger charge is -2.34. The first-order valence-corrected chi connectivity index (χ1v) is 8.46. The number of ether oxygens (including phenoxy) is 3. The first-order chi connectivity index (χ1) is 10.7. The van der Waals surface area contributed by atoms with E-state index in [4.69, 9.17) is 24.4 Å². The molecule has 0 atom stereocenters. The molecule has 7 nitrogen and oxygen atoms in total. The van der Waals surface area contributed by atoms with Crippen molar-refractivity contribution in [1.29, 1.82) is 0 Å². The van der Waals surface area contributed by atoms with E-state index in [0.717, 1.165) is 0 Å². The third-order valence-electron chi connectivity index (χ3n) is 3.90. The van der Waals surface area contributed by atoms with E-state index in [0.29, 0.717) is 39.6 Å². The van der Waals surface area contributed by atoms with Crippen molar-refractivity contribution in [2.24, 2.45) is 0 Å². The first kappa shape index (κ1) is 27.6. The average Bonchev–Trinajstić information content (AvgIpc) is 2.57. The number of hydrogen-bond acceptors (Lipinski definition) is 6. The van der Waals surface area contributed by atoms with E-state index in [2.05, 4.69) is 27.7 Å². The maximum atomic E-state index is 8.36. The third-order valence-corrected chi connectivity index (χ3v) is 3.90. The Kier molecular flexibility index (Phi) is 26.0. The van der Waals surface area contributed by atoms with Gasteiger partial charge in [-0.3, -0.25) is 0 Å². The molecule has 0 aliphatic heterocycles. The minimum Gasteiger partial charge on any atom is -0.870 e. The van der Waals surface area contributed by atoms with Gasteiger partial charge in [-0.25, -0.2) is 0 Å². The minimum atomic E-state index is 0. The monoisotopic (exact) mass is 341 g/mol. The van der Waals surface area contributed by atoms with Crippen molar-refractivity contribution in [1.82, 2.24) is 0 Å². The highest BCUT2D eigenvalue weighted by Gasteiger charge is 2.16. The smallest absolute Gasteiger partial charge is 0.0757 e. The summed E-state index contributed by atoms with van der Waals surface area (Å²) in [5.41, 5.74) is 0. The van der Waals surface area contributed by atoms with Crippen LogP contribution < -0.4 is 0 Å². The molecule has 0 aromatic carbocycles. The molecule has 0 aromatic rings. The van der Waals surface area contributed by atoms with Gasteiger partial charge < -0.3 is 34.4 Å². The molecule has 23 heavy (non-hydrogen) atoms. The molecule has 0 saturated carbocycles. The maximum Gasteiger partial charge on any atom is 0.0757 e. The molecule has 144 valence electrons. The summed E-state index contributed by atoms with van der Waals surface area (Å²) in [6.07, 6.45) is 0. The highest BCUT2D eigenvalue weighted by Crippen LogP contribution is 2.03. The molecule has 0 aliphatic rings. The molecule has 0 bridgehead atoms. The first-order valence-electron chi connectivity index (χ1n) is 8.46. The molecule has 0 aliphatic carbocycles. The SMILES string of the molecule is CC[N+](CC)(CC)CC.OCCOCCOCCOCCO.[OH-]. The number of aliphatic hydroxyl groups excluding tert-OH is 2. The standard InChI is InChI=1S/C8H20N.C8H18O5.H2O/c1-5-9(6-2,7-3)8-4;9-1-3-11-5-7-13-8-6-12-4-2-10;/h5-8H2,1-4H3;9-10H,1-8H2;1H2/q+1;;/p-1. The summed E-state index contributed by atoms with van der Waals surface area (Å²) in [5, 5.41) is 16.7. The molecule has 3 N–H and O–H groups in total. The number of rotatable bonds is 14. The summed E-state index contributed by atoms with van der Waals surface area (Å²) >= 11 is 0. The van der Waals surface area contributed by atoms with Crippen LogP contribution in [-0.2, 0) is 14.2 Å². The Morgan fingerprint density at radius 3 is 1.00 bits per heavy atom. The van der Waals surface area contributed by atoms with Crippen molar-refractivity contribution < 1.29 is 34.4 Å². The van der Waals surface area contributed by atoms with E-state index in [-0.39, 0.29) is 18.7 Å². The van der Waals surface area contributed by atoms with Gasteiger partial charge in [0.05, 0.1) is 79.0 Å². The zero-order chi connectivity index (χ0) is 17.1. The highest BCUT2D eigenvalue weighted by molar-refractivity contribution is 4.33. The minimum absolute atomic E-state index is 0. The molecule has 0 unspecified atom stereocenters. The molecule has 7 heteroatoms. The Morgan fingerprint density at radius 2 is 0.826 bits per heavy atom. The molecular formula is C16H39NO6. The molecule has 0 amide bonds. The summed E-state index contributed by atoms with van der Waals surface area (Å²) in [7, 11) is 0. The Morgan fingerprint density at radius 1 is 0.565 bits per heavy atom. The number of quaternary nitrogens is 1. The van der Waals surface area contributed by atoms with Gasteiger partial charge in [0.1, 0.15) is 0 Å². The highest BCUT2D eigenvalue weighted by atomic mass is 16.5. The largest absolute Gasteiger partial charge is 0.870 e. The van der Waals surface area contributed by atoms with Gasteiger partial charge in [-0.15, -0.1) is 0 Å². The fourth-order valence-corrected chi connectivity index (χ4v) is 2.01. The van der Waals surface area contributed by atoms with Crippen molar-refractivity contribution in [2.45, 2.75) is 27.7 Å².